The Kier molecular flexibility index (Phi) is 3.85. The molecule has 1 saturated heterocycles. The number of sulfonamides is 1. The van der Waals surface area contributed by atoms with E-state index < -0.39 is 15.8 Å². The lowest BCUT2D eigenvalue weighted by Crippen LogP contribution is -2.48. The number of hydrogen-bond acceptors (Lipinski definition) is 6. The second kappa shape index (κ2) is 5.25. The van der Waals surface area contributed by atoms with Gasteiger partial charge in [-0.3, -0.25) is 0 Å². The van der Waals surface area contributed by atoms with Gasteiger partial charge in [-0.25, -0.2) is 17.8 Å². The third-order valence-corrected chi connectivity index (χ3v) is 4.26. The number of nitrogens with zero attached hydrogens (tertiary/aromatic N) is 4. The molecule has 0 spiro atoms. The number of anilines is 2. The average molecular weight is 289 g/mol. The quantitative estimate of drug-likeness (QED) is 0.826. The molecule has 1 aromatic heterocycles. The molecular formula is C10H16FN5O2S. The van der Waals surface area contributed by atoms with Gasteiger partial charge in [-0.1, -0.05) is 0 Å². The summed E-state index contributed by atoms with van der Waals surface area (Å²) in [6.07, 6.45) is 2.28. The van der Waals surface area contributed by atoms with Crippen LogP contribution in [0.5, 0.6) is 0 Å². The van der Waals surface area contributed by atoms with Crippen LogP contribution in [0.15, 0.2) is 6.20 Å². The molecule has 19 heavy (non-hydrogen) atoms. The first-order chi connectivity index (χ1) is 8.91. The molecule has 1 N–H and O–H groups in total. The van der Waals surface area contributed by atoms with Crippen LogP contribution < -0.4 is 10.2 Å². The van der Waals surface area contributed by atoms with Crippen LogP contribution in [0.4, 0.5) is 16.2 Å². The molecule has 0 radical (unpaired) electrons. The number of aromatic nitrogens is 2. The van der Waals surface area contributed by atoms with E-state index in [0.29, 0.717) is 32.1 Å². The van der Waals surface area contributed by atoms with Crippen LogP contribution in [0, 0.1) is 5.82 Å². The molecule has 2 heterocycles. The maximum atomic E-state index is 13.7. The van der Waals surface area contributed by atoms with Gasteiger partial charge >= 0.3 is 0 Å². The molecular weight excluding hydrogens is 273 g/mol. The smallest absolute Gasteiger partial charge is 0.224 e. The van der Waals surface area contributed by atoms with Crippen LogP contribution in [0.1, 0.15) is 0 Å². The highest BCUT2D eigenvalue weighted by molar-refractivity contribution is 7.88. The van der Waals surface area contributed by atoms with Gasteiger partial charge in [-0.15, -0.1) is 0 Å². The second-order valence-electron chi connectivity index (χ2n) is 4.26. The Morgan fingerprint density at radius 3 is 2.47 bits per heavy atom. The predicted octanol–water partition coefficient (Wildman–Crippen LogP) is -0.261. The topological polar surface area (TPSA) is 78.4 Å². The average Bonchev–Trinajstić information content (AvgIpc) is 2.38. The first kappa shape index (κ1) is 13.9. The number of rotatable bonds is 3. The van der Waals surface area contributed by atoms with Gasteiger partial charge in [0.15, 0.2) is 11.6 Å². The van der Waals surface area contributed by atoms with Crippen molar-refractivity contribution in [2.24, 2.45) is 0 Å². The molecule has 0 unspecified atom stereocenters. The summed E-state index contributed by atoms with van der Waals surface area (Å²) in [4.78, 5) is 9.56. The molecule has 1 aliphatic rings. The Morgan fingerprint density at radius 2 is 1.95 bits per heavy atom. The lowest BCUT2D eigenvalue weighted by molar-refractivity contribution is 0.384. The highest BCUT2D eigenvalue weighted by Crippen LogP contribution is 2.19. The third-order valence-electron chi connectivity index (χ3n) is 2.96. The van der Waals surface area contributed by atoms with Crippen molar-refractivity contribution in [3.63, 3.8) is 0 Å². The van der Waals surface area contributed by atoms with E-state index in [4.69, 9.17) is 0 Å². The predicted molar refractivity (Wildman–Crippen MR) is 70.2 cm³/mol. The third kappa shape index (κ3) is 3.10. The van der Waals surface area contributed by atoms with E-state index in [2.05, 4.69) is 15.3 Å². The molecule has 1 aliphatic heterocycles. The van der Waals surface area contributed by atoms with Crippen LogP contribution >= 0.6 is 0 Å². The van der Waals surface area contributed by atoms with Crippen molar-refractivity contribution in [2.75, 3.05) is 49.7 Å². The van der Waals surface area contributed by atoms with E-state index in [1.54, 1.807) is 11.9 Å². The summed E-state index contributed by atoms with van der Waals surface area (Å²) in [5, 5.41) is 2.74. The van der Waals surface area contributed by atoms with Crippen LogP contribution in [0.3, 0.4) is 0 Å². The van der Waals surface area contributed by atoms with Gasteiger partial charge in [0.1, 0.15) is 0 Å². The van der Waals surface area contributed by atoms with Crippen LogP contribution in [-0.2, 0) is 10.0 Å². The van der Waals surface area contributed by atoms with Gasteiger partial charge in [0.2, 0.25) is 16.0 Å². The largest absolute Gasteiger partial charge is 0.357 e. The van der Waals surface area contributed by atoms with Crippen LogP contribution in [0.25, 0.3) is 0 Å². The zero-order valence-electron chi connectivity index (χ0n) is 10.8. The minimum absolute atomic E-state index is 0.201. The van der Waals surface area contributed by atoms with E-state index in [0.717, 1.165) is 6.20 Å². The standard InChI is InChI=1S/C10H16FN5O2S/c1-12-10-13-7-8(11)9(14-10)15-3-5-16(6-4-15)19(2,17)18/h7H,3-6H2,1-2H3,(H,12,13,14). The zero-order chi connectivity index (χ0) is 14.0. The molecule has 9 heteroatoms. The van der Waals surface area contributed by atoms with Crippen molar-refractivity contribution < 1.29 is 12.8 Å². The van der Waals surface area contributed by atoms with Crippen molar-refractivity contribution in [3.05, 3.63) is 12.0 Å². The Labute approximate surface area is 111 Å². The van der Waals surface area contributed by atoms with E-state index in [1.807, 2.05) is 0 Å². The van der Waals surface area contributed by atoms with Gasteiger partial charge in [-0.05, 0) is 0 Å². The fraction of sp³-hybridized carbons (Fsp3) is 0.600. The van der Waals surface area contributed by atoms with Gasteiger partial charge in [0.25, 0.3) is 0 Å². The van der Waals surface area contributed by atoms with Crippen LogP contribution in [0.2, 0.25) is 0 Å². The maximum absolute atomic E-state index is 13.7. The fourth-order valence-corrected chi connectivity index (χ4v) is 2.76. The monoisotopic (exact) mass is 289 g/mol. The normalized spacial score (nSPS) is 17.5. The highest BCUT2D eigenvalue weighted by Gasteiger charge is 2.25. The molecule has 106 valence electrons. The van der Waals surface area contributed by atoms with Crippen LogP contribution in [-0.4, -0.2) is 62.2 Å². The molecule has 0 amide bonds. The summed E-state index contributed by atoms with van der Waals surface area (Å²) in [6.45, 7) is 1.47. The van der Waals surface area contributed by atoms with E-state index in [-0.39, 0.29) is 5.82 Å². The summed E-state index contributed by atoms with van der Waals surface area (Å²) in [5.74, 6) is 0.0289. The number of hydrogen-bond donors (Lipinski definition) is 1. The highest BCUT2D eigenvalue weighted by atomic mass is 32.2. The Balaban J connectivity index is 2.13. The summed E-state index contributed by atoms with van der Waals surface area (Å²) in [5.41, 5.74) is 0. The van der Waals surface area contributed by atoms with Gasteiger partial charge in [0, 0.05) is 33.2 Å². The van der Waals surface area contributed by atoms with E-state index in [9.17, 15) is 12.8 Å². The van der Waals surface area contributed by atoms with Crippen molar-refractivity contribution in [2.45, 2.75) is 0 Å². The molecule has 0 saturated carbocycles. The lowest BCUT2D eigenvalue weighted by atomic mass is 10.3. The Morgan fingerprint density at radius 1 is 1.32 bits per heavy atom. The maximum Gasteiger partial charge on any atom is 0.224 e. The van der Waals surface area contributed by atoms with E-state index in [1.165, 1.54) is 10.6 Å². The number of nitrogens with one attached hydrogen (secondary N) is 1. The van der Waals surface area contributed by atoms with Crippen molar-refractivity contribution in [3.8, 4) is 0 Å². The van der Waals surface area contributed by atoms with Gasteiger partial charge in [0.05, 0.1) is 12.5 Å². The summed E-state index contributed by atoms with van der Waals surface area (Å²) in [7, 11) is -1.54. The van der Waals surface area contributed by atoms with E-state index >= 15 is 0 Å². The number of piperazine rings is 1. The molecule has 7 nitrogen and oxygen atoms in total. The Hall–Kier alpha value is -1.48. The van der Waals surface area contributed by atoms with Gasteiger partial charge < -0.3 is 10.2 Å². The SMILES string of the molecule is CNc1ncc(F)c(N2CCN(S(C)(=O)=O)CC2)n1. The van der Waals surface area contributed by atoms with Gasteiger partial charge in [-0.2, -0.15) is 9.29 Å². The molecule has 0 bridgehead atoms. The molecule has 0 atom stereocenters. The minimum atomic E-state index is -3.19. The lowest BCUT2D eigenvalue weighted by Gasteiger charge is -2.34. The number of halogens is 1. The van der Waals surface area contributed by atoms with Crippen molar-refractivity contribution >= 4 is 21.8 Å². The molecule has 1 fully saturated rings. The summed E-state index contributed by atoms with van der Waals surface area (Å²) >= 11 is 0. The second-order valence-corrected chi connectivity index (χ2v) is 6.25. The molecule has 2 rings (SSSR count). The summed E-state index contributed by atoms with van der Waals surface area (Å²) in [6, 6.07) is 0. The van der Waals surface area contributed by atoms with Crippen molar-refractivity contribution in [1.29, 1.82) is 0 Å². The Bertz CT molecular complexity index is 557. The minimum Gasteiger partial charge on any atom is -0.357 e. The molecule has 0 aliphatic carbocycles. The zero-order valence-corrected chi connectivity index (χ0v) is 11.6. The molecule has 1 aromatic rings. The fourth-order valence-electron chi connectivity index (χ4n) is 1.93. The van der Waals surface area contributed by atoms with Crippen molar-refractivity contribution in [1.82, 2.24) is 14.3 Å². The first-order valence-electron chi connectivity index (χ1n) is 5.82. The molecule has 0 aromatic carbocycles. The first-order valence-corrected chi connectivity index (χ1v) is 7.67. The summed E-state index contributed by atoms with van der Waals surface area (Å²) < 4.78 is 37.9.